The molecule has 0 amide bonds. The summed E-state index contributed by atoms with van der Waals surface area (Å²) in [4.78, 5) is 0. The molecule has 0 saturated heterocycles. The normalized spacial score (nSPS) is 10.9. The van der Waals surface area contributed by atoms with Crippen LogP contribution in [0.25, 0.3) is 10.8 Å². The number of ether oxygens (including phenoxy) is 1. The fraction of sp³-hybridized carbons (Fsp3) is 0.120. The molecule has 0 saturated carbocycles. The van der Waals surface area contributed by atoms with Gasteiger partial charge in [0.2, 0.25) is 0 Å². The zero-order valence-corrected chi connectivity index (χ0v) is 18.7. The van der Waals surface area contributed by atoms with Gasteiger partial charge in [0.1, 0.15) is 12.4 Å². The number of fused-ring (bicyclic) bond motifs is 1. The van der Waals surface area contributed by atoms with E-state index < -0.39 is 0 Å². The summed E-state index contributed by atoms with van der Waals surface area (Å²) < 4.78 is 6.19. The van der Waals surface area contributed by atoms with Crippen LogP contribution in [0.3, 0.4) is 0 Å². The molecule has 0 heterocycles. The van der Waals surface area contributed by atoms with Crippen LogP contribution in [-0.4, -0.2) is 0 Å². The molecule has 2 nitrogen and oxygen atoms in total. The molecule has 0 bridgehead atoms. The Kier molecular flexibility index (Phi) is 6.38. The number of hydrogen-bond donors (Lipinski definition) is 1. The van der Waals surface area contributed by atoms with Crippen LogP contribution in [0.4, 0.5) is 5.69 Å². The van der Waals surface area contributed by atoms with E-state index in [1.54, 1.807) is 0 Å². The zero-order chi connectivity index (χ0) is 21.1. The van der Waals surface area contributed by atoms with Crippen molar-refractivity contribution < 1.29 is 4.74 Å². The Bertz CT molecular complexity index is 1190. The highest BCUT2D eigenvalue weighted by atomic mass is 35.5. The van der Waals surface area contributed by atoms with E-state index in [2.05, 4.69) is 23.5 Å². The van der Waals surface area contributed by atoms with E-state index in [4.69, 9.17) is 39.5 Å². The molecule has 1 N–H and O–H groups in total. The zero-order valence-electron chi connectivity index (χ0n) is 16.4. The Balaban J connectivity index is 1.64. The number of nitrogens with one attached hydrogen (secondary N) is 1. The molecule has 4 aromatic rings. The molecular weight excluding hydrogens is 437 g/mol. The summed E-state index contributed by atoms with van der Waals surface area (Å²) >= 11 is 18.9. The van der Waals surface area contributed by atoms with Gasteiger partial charge in [-0.05, 0) is 53.6 Å². The molecule has 4 rings (SSSR count). The first kappa shape index (κ1) is 20.9. The molecule has 0 fully saturated rings. The van der Waals surface area contributed by atoms with Crippen LogP contribution in [0.5, 0.6) is 5.75 Å². The number of rotatable bonds is 6. The minimum atomic E-state index is 0.292. The third kappa shape index (κ3) is 4.52. The Labute approximate surface area is 191 Å². The van der Waals surface area contributed by atoms with Crippen LogP contribution in [0, 0.1) is 6.92 Å². The summed E-state index contributed by atoms with van der Waals surface area (Å²) in [6, 6.07) is 23.7. The van der Waals surface area contributed by atoms with Gasteiger partial charge >= 0.3 is 0 Å². The summed E-state index contributed by atoms with van der Waals surface area (Å²) in [6.07, 6.45) is 0. The predicted octanol–water partition coefficient (Wildman–Crippen LogP) is 8.30. The van der Waals surface area contributed by atoms with Gasteiger partial charge in [0.15, 0.2) is 0 Å². The second-order valence-corrected chi connectivity index (χ2v) is 8.29. The monoisotopic (exact) mass is 455 g/mol. The van der Waals surface area contributed by atoms with Gasteiger partial charge in [0.25, 0.3) is 0 Å². The van der Waals surface area contributed by atoms with Gasteiger partial charge in [-0.1, -0.05) is 77.3 Å². The van der Waals surface area contributed by atoms with E-state index in [-0.39, 0.29) is 0 Å². The van der Waals surface area contributed by atoms with E-state index >= 15 is 0 Å². The van der Waals surface area contributed by atoms with E-state index in [0.717, 1.165) is 43.9 Å². The number of anilines is 1. The van der Waals surface area contributed by atoms with Gasteiger partial charge in [-0.2, -0.15) is 0 Å². The second-order valence-electron chi connectivity index (χ2n) is 7.07. The van der Waals surface area contributed by atoms with Gasteiger partial charge in [0, 0.05) is 38.4 Å². The maximum atomic E-state index is 6.31. The minimum absolute atomic E-state index is 0.292. The lowest BCUT2D eigenvalue weighted by Crippen LogP contribution is -2.05. The Morgan fingerprint density at radius 1 is 0.767 bits per heavy atom. The van der Waals surface area contributed by atoms with Crippen molar-refractivity contribution in [2.75, 3.05) is 5.32 Å². The fourth-order valence-electron chi connectivity index (χ4n) is 3.35. The van der Waals surface area contributed by atoms with Crippen molar-refractivity contribution in [3.8, 4) is 5.75 Å². The van der Waals surface area contributed by atoms with Crippen LogP contribution in [-0.2, 0) is 13.2 Å². The minimum Gasteiger partial charge on any atom is -0.488 e. The molecule has 0 aliphatic heterocycles. The summed E-state index contributed by atoms with van der Waals surface area (Å²) in [5.74, 6) is 0.787. The molecule has 4 aromatic carbocycles. The standard InChI is InChI=1S/C25H20Cl3NO/c1-16-9-11-18(13-24(16)28)29-14-20-19-6-3-2-5-17(19)10-12-25(20)30-15-21-22(26)7-4-8-23(21)27/h2-13,29H,14-15H2,1H3. The first-order valence-electron chi connectivity index (χ1n) is 9.59. The van der Waals surface area contributed by atoms with E-state index in [1.807, 2.05) is 61.5 Å². The molecule has 0 atom stereocenters. The van der Waals surface area contributed by atoms with Gasteiger partial charge in [0.05, 0.1) is 0 Å². The lowest BCUT2D eigenvalue weighted by atomic mass is 10.0. The SMILES string of the molecule is Cc1ccc(NCc2c(OCc3c(Cl)cccc3Cl)ccc3ccccc23)cc1Cl. The number of hydrogen-bond acceptors (Lipinski definition) is 2. The van der Waals surface area contributed by atoms with E-state index in [0.29, 0.717) is 23.2 Å². The first-order chi connectivity index (χ1) is 14.5. The quantitative estimate of drug-likeness (QED) is 0.315. The van der Waals surface area contributed by atoms with Gasteiger partial charge in [-0.15, -0.1) is 0 Å². The first-order valence-corrected chi connectivity index (χ1v) is 10.7. The second kappa shape index (κ2) is 9.18. The summed E-state index contributed by atoms with van der Waals surface area (Å²) in [7, 11) is 0. The van der Waals surface area contributed by atoms with Crippen molar-refractivity contribution in [1.82, 2.24) is 0 Å². The average molecular weight is 457 g/mol. The van der Waals surface area contributed by atoms with Crippen molar-refractivity contribution in [3.63, 3.8) is 0 Å². The Hall–Kier alpha value is -2.39. The van der Waals surface area contributed by atoms with Crippen LogP contribution in [0.2, 0.25) is 15.1 Å². The van der Waals surface area contributed by atoms with E-state index in [9.17, 15) is 0 Å². The van der Waals surface area contributed by atoms with E-state index in [1.165, 1.54) is 0 Å². The number of benzene rings is 4. The lowest BCUT2D eigenvalue weighted by Gasteiger charge is -2.17. The van der Waals surface area contributed by atoms with Crippen molar-refractivity contribution in [3.05, 3.63) is 105 Å². The smallest absolute Gasteiger partial charge is 0.125 e. The largest absolute Gasteiger partial charge is 0.488 e. The number of aryl methyl sites for hydroxylation is 1. The van der Waals surface area contributed by atoms with Crippen LogP contribution < -0.4 is 10.1 Å². The predicted molar refractivity (Wildman–Crippen MR) is 128 cm³/mol. The lowest BCUT2D eigenvalue weighted by molar-refractivity contribution is 0.304. The van der Waals surface area contributed by atoms with Crippen molar-refractivity contribution >= 4 is 51.3 Å². The molecule has 0 aliphatic carbocycles. The molecule has 5 heteroatoms. The molecule has 0 spiro atoms. The van der Waals surface area contributed by atoms with Crippen molar-refractivity contribution in [2.45, 2.75) is 20.1 Å². The molecule has 0 aromatic heterocycles. The van der Waals surface area contributed by atoms with Gasteiger partial charge in [-0.3, -0.25) is 0 Å². The maximum absolute atomic E-state index is 6.31. The fourth-order valence-corrected chi connectivity index (χ4v) is 4.03. The molecular formula is C25H20Cl3NO. The highest BCUT2D eigenvalue weighted by Crippen LogP contribution is 2.32. The topological polar surface area (TPSA) is 21.3 Å². The third-order valence-corrected chi connectivity index (χ3v) is 6.19. The van der Waals surface area contributed by atoms with Crippen LogP contribution in [0.15, 0.2) is 72.8 Å². The maximum Gasteiger partial charge on any atom is 0.125 e. The molecule has 0 aliphatic rings. The summed E-state index contributed by atoms with van der Waals surface area (Å²) in [6.45, 7) is 2.87. The average Bonchev–Trinajstić information content (AvgIpc) is 2.74. The highest BCUT2D eigenvalue weighted by molar-refractivity contribution is 6.36. The summed E-state index contributed by atoms with van der Waals surface area (Å²) in [5.41, 5.74) is 3.85. The van der Waals surface area contributed by atoms with Crippen LogP contribution in [0.1, 0.15) is 16.7 Å². The molecule has 152 valence electrons. The summed E-state index contributed by atoms with van der Waals surface area (Å²) in [5, 5.41) is 7.68. The molecule has 0 radical (unpaired) electrons. The Morgan fingerprint density at radius 3 is 2.30 bits per heavy atom. The van der Waals surface area contributed by atoms with Crippen LogP contribution >= 0.6 is 34.8 Å². The highest BCUT2D eigenvalue weighted by Gasteiger charge is 2.12. The molecule has 30 heavy (non-hydrogen) atoms. The van der Waals surface area contributed by atoms with Gasteiger partial charge < -0.3 is 10.1 Å². The van der Waals surface area contributed by atoms with Gasteiger partial charge in [-0.25, -0.2) is 0 Å². The number of halogens is 3. The van der Waals surface area contributed by atoms with Crippen molar-refractivity contribution in [2.24, 2.45) is 0 Å². The van der Waals surface area contributed by atoms with Crippen molar-refractivity contribution in [1.29, 1.82) is 0 Å². The molecule has 0 unspecified atom stereocenters. The third-order valence-electron chi connectivity index (χ3n) is 5.07. The Morgan fingerprint density at radius 2 is 1.53 bits per heavy atom.